The Labute approximate surface area is 420 Å². The predicted molar refractivity (Wildman–Crippen MR) is 269 cm³/mol. The molecule has 2 heterocycles. The smallest absolute Gasteiger partial charge is 0.373 e. The maximum atomic E-state index is 11.6. The summed E-state index contributed by atoms with van der Waals surface area (Å²) in [5.74, 6) is 2.89. The topological polar surface area (TPSA) is 304 Å². The normalized spacial score (nSPS) is 27.8. The van der Waals surface area contributed by atoms with Gasteiger partial charge in [0.1, 0.15) is 24.3 Å². The minimum absolute atomic E-state index is 0.00231. The number of Topliss-reactive ketones (excluding diaryl/α,β-unsaturated/α-hetero) is 2. The Morgan fingerprint density at radius 2 is 1.18 bits per heavy atom. The van der Waals surface area contributed by atoms with Gasteiger partial charge in [-0.25, -0.2) is 0 Å². The van der Waals surface area contributed by atoms with Crippen molar-refractivity contribution >= 4 is 74.0 Å². The van der Waals surface area contributed by atoms with Crippen molar-refractivity contribution in [2.24, 2.45) is 52.9 Å². The van der Waals surface area contributed by atoms with E-state index in [4.69, 9.17) is 47.4 Å². The number of hydrogen-bond acceptors (Lipinski definition) is 18. The number of amides is 2. The molecule has 0 bridgehead atoms. The standard InChI is InChI=1S/C10H18BO2S.C8H14BO2S.C8H15NO2.C7H17NO.C6H13NO3.C6H11NO2.CO2/c1-6(2)4-8-5-9(12)7(3)10(8)13-14-11;1-3-6-4-7(10)5(2)8(6)11-12-9;1-5(2)3-6-7(10)4-8(11)9-6;1-5(2)4-7(8)6(3)9;1-2-5(7)6(9)3-10-4-8;1-2-4-5(8)3-6(9)7-4;2-1-3/h6-8,10-11H,4-5H2,1-3H3;5-6,8-9H,3-4H2,1-2H3;5-7,10H,3-4H2,1-2H3,(H,9,11);5-7,9H,4,8H2,1-3H3;4-6,9H,2-3,7H2,1H3;4-5,8H,2-3H2,1H3,(H,7,9);/t7?,8-,10-;5?,6-,8-;2*6-,7-;5-,6-;4-,5-;/m110000./s1/i11T;9T;;;;;. The second kappa shape index (κ2) is 40.3. The van der Waals surface area contributed by atoms with Gasteiger partial charge in [-0.2, -0.15) is 9.59 Å². The number of carbonyl (C=O) groups excluding carboxylic acids is 7. The molecular weight excluding hydrogens is 918 g/mol. The molecule has 394 valence electrons. The molecule has 0 aromatic rings. The second-order valence-corrected chi connectivity index (χ2v) is 19.7. The van der Waals surface area contributed by atoms with Crippen LogP contribution in [0.4, 0.5) is 0 Å². The molecule has 22 heteroatoms. The Morgan fingerprint density at radius 1 is 0.735 bits per heavy atom. The number of nitrogens with one attached hydrogen (secondary N) is 2. The Morgan fingerprint density at radius 3 is 1.49 bits per heavy atom. The number of carbonyl (C=O) groups is 5. The zero-order chi connectivity index (χ0) is 54.7. The molecule has 2 amide bonds. The largest absolute Gasteiger partial charge is 0.465 e. The maximum Gasteiger partial charge on any atom is 0.373 e. The summed E-state index contributed by atoms with van der Waals surface area (Å²) in [6.07, 6.45) is 5.30. The van der Waals surface area contributed by atoms with Crippen LogP contribution in [0.5, 0.6) is 0 Å². The van der Waals surface area contributed by atoms with Crippen molar-refractivity contribution in [3.05, 3.63) is 0 Å². The van der Waals surface area contributed by atoms with Gasteiger partial charge in [-0.05, 0) is 71.3 Å². The fourth-order valence-corrected chi connectivity index (χ4v) is 8.62. The van der Waals surface area contributed by atoms with Crippen LogP contribution in [-0.2, 0) is 46.7 Å². The lowest BCUT2D eigenvalue weighted by Crippen LogP contribution is -2.37. The van der Waals surface area contributed by atoms with Crippen molar-refractivity contribution in [1.29, 1.82) is 2.67 Å². The van der Waals surface area contributed by atoms with Gasteiger partial charge < -0.3 is 55.6 Å². The van der Waals surface area contributed by atoms with Crippen molar-refractivity contribution in [2.45, 2.75) is 208 Å². The average molecular weight is 1010 g/mol. The van der Waals surface area contributed by atoms with E-state index in [1.165, 1.54) is 7.09 Å². The summed E-state index contributed by atoms with van der Waals surface area (Å²) in [5, 5.41) is 41.8. The summed E-state index contributed by atoms with van der Waals surface area (Å²) in [6.45, 7) is 24.4. The number of rotatable bonds is 20. The number of ketones is 2. The van der Waals surface area contributed by atoms with Gasteiger partial charge in [0.25, 0.3) is 6.47 Å². The maximum absolute atomic E-state index is 11.6. The van der Waals surface area contributed by atoms with E-state index in [0.29, 0.717) is 66.9 Å². The van der Waals surface area contributed by atoms with E-state index in [1.54, 1.807) is 6.92 Å². The van der Waals surface area contributed by atoms with Crippen LogP contribution in [0, 0.1) is 41.4 Å². The highest BCUT2D eigenvalue weighted by molar-refractivity contribution is 8.16. The summed E-state index contributed by atoms with van der Waals surface area (Å²) in [6, 6.07) is -0.370. The monoisotopic (exact) mass is 1010 g/mol. The summed E-state index contributed by atoms with van der Waals surface area (Å²) < 4.78 is 29.0. The minimum Gasteiger partial charge on any atom is -0.465 e. The number of nitrogens with two attached hydrogens (primary N) is 2. The Balaban J connectivity index is -0.000000768. The first-order chi connectivity index (χ1) is 32.8. The lowest BCUT2D eigenvalue weighted by molar-refractivity contribution is -0.191. The van der Waals surface area contributed by atoms with Gasteiger partial charge in [0, 0.05) is 36.8 Å². The van der Waals surface area contributed by atoms with Crippen LogP contribution < -0.4 is 22.1 Å². The van der Waals surface area contributed by atoms with Crippen LogP contribution >= 0.6 is 23.8 Å². The van der Waals surface area contributed by atoms with E-state index in [1.807, 2.05) is 27.7 Å². The molecule has 4 rings (SSSR count). The molecule has 0 aromatic heterocycles. The highest BCUT2D eigenvalue weighted by Crippen LogP contribution is 2.37. The molecule has 68 heavy (non-hydrogen) atoms. The number of ether oxygens (including phenoxy) is 1. The molecule has 14 atom stereocenters. The highest BCUT2D eigenvalue weighted by Gasteiger charge is 2.41. The van der Waals surface area contributed by atoms with Crippen LogP contribution in [-0.4, -0.2) is 141 Å². The lowest BCUT2D eigenvalue weighted by Gasteiger charge is -2.22. The third-order valence-corrected chi connectivity index (χ3v) is 12.4. The Kier molecular flexibility index (Phi) is 38.9. The SMILES string of the molecule is CC(C)C[C@@H]1NC(=O)C[C@@H]1O.CC(C)C[C@H](N)[C@H](C)O.CC[C@@H]1NC(=O)C[C@@H]1O.CC[C@H](N)[C@@H](O)COC=O.O=C=O.[3H][B]SO[C@@H]1C(C)C(=O)C[C@H]1CC.[3H][B]SO[C@@H]1C(C)C(=O)C[C@H]1CC(C)C. The molecule has 2 saturated carbocycles. The van der Waals surface area contributed by atoms with Crippen LogP contribution in [0.15, 0.2) is 0 Å². The zero-order valence-electron chi connectivity index (χ0n) is 44.7. The molecule has 2 unspecified atom stereocenters. The first-order valence-corrected chi connectivity index (χ1v) is 25.3. The van der Waals surface area contributed by atoms with E-state index in [-0.39, 0.29) is 91.7 Å². The van der Waals surface area contributed by atoms with E-state index in [0.717, 1.165) is 63.0 Å². The summed E-state index contributed by atoms with van der Waals surface area (Å²) in [4.78, 5) is 70.2. The summed E-state index contributed by atoms with van der Waals surface area (Å²) >= 11 is 2.05. The quantitative estimate of drug-likeness (QED) is 0.0494. The molecule has 0 aromatic carbocycles. The molecule has 2 saturated heterocycles. The van der Waals surface area contributed by atoms with Crippen molar-refractivity contribution in [3.8, 4) is 0 Å². The van der Waals surface area contributed by atoms with Gasteiger partial charge in [-0.15, -0.1) is 0 Å². The molecule has 10 N–H and O–H groups in total. The average Bonchev–Trinajstić information content (AvgIpc) is 3.97. The van der Waals surface area contributed by atoms with E-state index in [9.17, 15) is 29.1 Å². The van der Waals surface area contributed by atoms with Gasteiger partial charge in [0.05, 0.1) is 55.4 Å². The minimum atomic E-state index is -0.741. The summed E-state index contributed by atoms with van der Waals surface area (Å²) in [5.41, 5.74) is 11.0. The molecule has 2 aliphatic heterocycles. The summed E-state index contributed by atoms with van der Waals surface area (Å²) in [7, 11) is 2.32. The van der Waals surface area contributed by atoms with E-state index < -0.39 is 18.3 Å². The molecule has 18 nitrogen and oxygen atoms in total. The van der Waals surface area contributed by atoms with E-state index in [2.05, 4.69) is 63.8 Å². The fraction of sp³-hybridized carbons (Fsp3) is 0.870. The van der Waals surface area contributed by atoms with Gasteiger partial charge in [0.15, 0.2) is 0 Å². The lowest BCUT2D eigenvalue weighted by atomic mass is 9.93. The van der Waals surface area contributed by atoms with Crippen molar-refractivity contribution in [1.82, 2.24) is 10.6 Å². The third kappa shape index (κ3) is 31.1. The number of hydrogen-bond donors (Lipinski definition) is 8. The van der Waals surface area contributed by atoms with Gasteiger partial charge in [-0.1, -0.05) is 106 Å². The van der Waals surface area contributed by atoms with Gasteiger partial charge in [0.2, 0.25) is 26.0 Å². The Hall–Kier alpha value is -2.36. The molecule has 4 fully saturated rings. The number of aliphatic hydroxyl groups excluding tert-OH is 4. The predicted octanol–water partition coefficient (Wildman–Crippen LogP) is 2.92. The fourth-order valence-electron chi connectivity index (χ4n) is 7.72. The molecule has 2 radical (unpaired) electrons. The third-order valence-electron chi connectivity index (χ3n) is 11.7. The highest BCUT2D eigenvalue weighted by atomic mass is 32.2. The van der Waals surface area contributed by atoms with Crippen molar-refractivity contribution < 1.29 is 67.1 Å². The van der Waals surface area contributed by atoms with Crippen LogP contribution in [0.3, 0.4) is 0 Å². The molecular formula is C46H88B2N4O14S2. The van der Waals surface area contributed by atoms with Crippen LogP contribution in [0.25, 0.3) is 0 Å². The van der Waals surface area contributed by atoms with Crippen LogP contribution in [0.2, 0.25) is 0 Å². The second-order valence-electron chi connectivity index (χ2n) is 18.9. The van der Waals surface area contributed by atoms with Crippen LogP contribution in [0.1, 0.15) is 147 Å². The molecule has 4 aliphatic rings. The zero-order valence-corrected chi connectivity index (χ0v) is 44.3. The molecule has 0 spiro atoms. The van der Waals surface area contributed by atoms with Gasteiger partial charge >= 0.3 is 6.15 Å². The Bertz CT molecular complexity index is 1470. The van der Waals surface area contributed by atoms with E-state index >= 15 is 0 Å². The first kappa shape index (κ1) is 65.6. The van der Waals surface area contributed by atoms with Gasteiger partial charge in [-0.3, -0.25) is 24.0 Å². The van der Waals surface area contributed by atoms with Crippen molar-refractivity contribution in [2.75, 3.05) is 6.61 Å². The first-order valence-electron chi connectivity index (χ1n) is 24.9. The molecule has 2 aliphatic carbocycles. The number of aliphatic hydroxyl groups is 4. The van der Waals surface area contributed by atoms with Crippen molar-refractivity contribution in [3.63, 3.8) is 0 Å².